The van der Waals surface area contributed by atoms with E-state index in [1.54, 1.807) is 4.90 Å². The summed E-state index contributed by atoms with van der Waals surface area (Å²) in [4.78, 5) is 30.5. The Balaban J connectivity index is 1.45. The molecular weight excluding hydrogens is 579 g/mol. The highest BCUT2D eigenvalue weighted by Crippen LogP contribution is 2.34. The molecule has 4 rings (SSSR count). The van der Waals surface area contributed by atoms with Crippen LogP contribution in [0.15, 0.2) is 52.4 Å². The lowest BCUT2D eigenvalue weighted by atomic mass is 10.0. The van der Waals surface area contributed by atoms with Gasteiger partial charge in [-0.05, 0) is 61.7 Å². The highest BCUT2D eigenvalue weighted by atomic mass is 32.2. The number of hydrogen-bond donors (Lipinski definition) is 6. The van der Waals surface area contributed by atoms with Gasteiger partial charge in [0, 0.05) is 55.7 Å². The van der Waals surface area contributed by atoms with Gasteiger partial charge in [-0.3, -0.25) is 14.6 Å². The van der Waals surface area contributed by atoms with Crippen LogP contribution in [0.4, 0.5) is 24.5 Å². The van der Waals surface area contributed by atoms with Crippen LogP contribution in [0.3, 0.4) is 0 Å². The van der Waals surface area contributed by atoms with Gasteiger partial charge in [-0.1, -0.05) is 0 Å². The fourth-order valence-corrected chi connectivity index (χ4v) is 5.76. The van der Waals surface area contributed by atoms with E-state index in [4.69, 9.17) is 5.73 Å². The number of amides is 1. The average molecular weight is 612 g/mol. The smallest absolute Gasteiger partial charge is 0.416 e. The fourth-order valence-electron chi connectivity index (χ4n) is 4.57. The predicted molar refractivity (Wildman–Crippen MR) is 150 cm³/mol. The lowest BCUT2D eigenvalue weighted by Gasteiger charge is -2.35. The largest absolute Gasteiger partial charge is 0.480 e. The summed E-state index contributed by atoms with van der Waals surface area (Å²) in [6.45, 7) is 1.69. The number of aliphatic carboxylic acids is 1. The van der Waals surface area contributed by atoms with E-state index in [2.05, 4.69) is 20.9 Å². The van der Waals surface area contributed by atoms with Gasteiger partial charge in [-0.2, -0.15) is 17.9 Å². The second-order valence-corrected chi connectivity index (χ2v) is 11.7. The molecule has 7 N–H and O–H groups in total. The number of nitrogen functional groups attached to an aromatic ring is 1. The number of nitrogens with zero attached hydrogens (tertiary/aromatic N) is 2. The van der Waals surface area contributed by atoms with Crippen molar-refractivity contribution in [2.75, 3.05) is 43.4 Å². The van der Waals surface area contributed by atoms with E-state index in [0.29, 0.717) is 43.6 Å². The maximum Gasteiger partial charge on any atom is 0.416 e. The molecule has 16 heteroatoms. The summed E-state index contributed by atoms with van der Waals surface area (Å²) in [5.41, 5.74) is 4.66. The number of carboxylic acids is 1. The van der Waals surface area contributed by atoms with Crippen molar-refractivity contribution >= 4 is 39.2 Å². The first-order valence-electron chi connectivity index (χ1n) is 13.2. The Labute approximate surface area is 240 Å². The van der Waals surface area contributed by atoms with E-state index in [1.165, 1.54) is 30.3 Å². The Morgan fingerprint density at radius 2 is 1.83 bits per heavy atom. The molecule has 2 aliphatic heterocycles. The molecule has 0 unspecified atom stereocenters. The van der Waals surface area contributed by atoms with Crippen molar-refractivity contribution < 1.29 is 36.3 Å². The molecule has 42 heavy (non-hydrogen) atoms. The van der Waals surface area contributed by atoms with Crippen molar-refractivity contribution in [2.45, 2.75) is 42.4 Å². The van der Waals surface area contributed by atoms with Gasteiger partial charge in [0.05, 0.1) is 10.5 Å². The van der Waals surface area contributed by atoms with Gasteiger partial charge < -0.3 is 31.7 Å². The van der Waals surface area contributed by atoms with E-state index in [9.17, 15) is 36.3 Å². The van der Waals surface area contributed by atoms with Crippen molar-refractivity contribution in [2.24, 2.45) is 4.99 Å². The SMILES string of the molecule is Nc1ccc(S(=O)(=O)N[C@@H](CNC(=O)c2cc(N3CCC(NC4=NCCCN4)CC3)cc(C(F)(F)F)c2)C(=O)O)cc1. The third-order valence-corrected chi connectivity index (χ3v) is 8.35. The average Bonchev–Trinajstić information content (AvgIpc) is 2.95. The Kier molecular flexibility index (Phi) is 9.46. The van der Waals surface area contributed by atoms with Crippen LogP contribution in [0.25, 0.3) is 0 Å². The second kappa shape index (κ2) is 12.9. The number of nitrogens with one attached hydrogen (secondary N) is 4. The molecule has 0 spiro atoms. The van der Waals surface area contributed by atoms with Crippen molar-refractivity contribution in [1.29, 1.82) is 0 Å². The maximum absolute atomic E-state index is 13.8. The molecule has 2 heterocycles. The normalized spacial score (nSPS) is 17.1. The lowest BCUT2D eigenvalue weighted by Crippen LogP contribution is -2.50. The van der Waals surface area contributed by atoms with Crippen LogP contribution in [0.2, 0.25) is 0 Å². The predicted octanol–water partition coefficient (Wildman–Crippen LogP) is 1.36. The first-order chi connectivity index (χ1) is 19.8. The molecule has 1 fully saturated rings. The van der Waals surface area contributed by atoms with Crippen LogP contribution in [-0.2, 0) is 21.0 Å². The Morgan fingerprint density at radius 1 is 1.14 bits per heavy atom. The summed E-state index contributed by atoms with van der Waals surface area (Å²) in [5.74, 6) is -1.86. The number of alkyl halides is 3. The molecule has 0 aliphatic carbocycles. The standard InChI is InChI=1S/C26H32F3N7O5S/c27-26(28,29)17-12-16(13-20(14-17)36-10-6-19(7-11-36)34-25-31-8-1-9-32-25)23(37)33-15-22(24(38)39)35-42(40,41)21-4-2-18(30)3-5-21/h2-5,12-14,19,22,35H,1,6-11,15,30H2,(H,33,37)(H,38,39)(H2,31,32,34)/t22-/m0/s1. The summed E-state index contributed by atoms with van der Waals surface area (Å²) >= 11 is 0. The Bertz CT molecular complexity index is 1430. The quantitative estimate of drug-likeness (QED) is 0.229. The molecule has 0 aromatic heterocycles. The zero-order valence-corrected chi connectivity index (χ0v) is 23.3. The summed E-state index contributed by atoms with van der Waals surface area (Å²) < 4.78 is 68.4. The highest BCUT2D eigenvalue weighted by Gasteiger charge is 2.33. The number of carbonyl (C=O) groups is 2. The highest BCUT2D eigenvalue weighted by molar-refractivity contribution is 7.89. The third kappa shape index (κ3) is 8.03. The molecule has 2 aromatic rings. The van der Waals surface area contributed by atoms with Gasteiger partial charge in [0.25, 0.3) is 5.91 Å². The molecule has 1 amide bonds. The minimum Gasteiger partial charge on any atom is -0.480 e. The van der Waals surface area contributed by atoms with Crippen LogP contribution in [-0.4, -0.2) is 76.2 Å². The molecular formula is C26H32F3N7O5S. The van der Waals surface area contributed by atoms with Gasteiger partial charge in [-0.25, -0.2) is 8.42 Å². The molecule has 0 saturated carbocycles. The summed E-state index contributed by atoms with van der Waals surface area (Å²) in [5, 5.41) is 18.3. The maximum atomic E-state index is 13.8. The molecule has 0 bridgehead atoms. The van der Waals surface area contributed by atoms with E-state index in [1.807, 2.05) is 4.72 Å². The Morgan fingerprint density at radius 3 is 2.43 bits per heavy atom. The number of benzene rings is 2. The number of halogens is 3. The minimum absolute atomic E-state index is 0.0872. The number of nitrogens with two attached hydrogens (primary N) is 1. The van der Waals surface area contributed by atoms with Crippen molar-refractivity contribution in [3.63, 3.8) is 0 Å². The summed E-state index contributed by atoms with van der Waals surface area (Å²) in [6.07, 6.45) is -2.53. The Hall–Kier alpha value is -4.05. The van der Waals surface area contributed by atoms with Crippen molar-refractivity contribution in [3.8, 4) is 0 Å². The van der Waals surface area contributed by atoms with Crippen molar-refractivity contribution in [3.05, 3.63) is 53.6 Å². The number of carbonyl (C=O) groups excluding carboxylic acids is 1. The van der Waals surface area contributed by atoms with Crippen LogP contribution >= 0.6 is 0 Å². The molecule has 2 aromatic carbocycles. The number of carboxylic acid groups (broad SMARTS) is 1. The number of rotatable bonds is 9. The molecule has 1 saturated heterocycles. The first kappa shape index (κ1) is 30.9. The first-order valence-corrected chi connectivity index (χ1v) is 14.7. The molecule has 2 aliphatic rings. The second-order valence-electron chi connectivity index (χ2n) is 9.97. The summed E-state index contributed by atoms with van der Waals surface area (Å²) in [7, 11) is -4.30. The van der Waals surface area contributed by atoms with E-state index < -0.39 is 46.2 Å². The van der Waals surface area contributed by atoms with E-state index in [-0.39, 0.29) is 22.2 Å². The van der Waals surface area contributed by atoms with Crippen LogP contribution in [0, 0.1) is 0 Å². The van der Waals surface area contributed by atoms with Gasteiger partial charge >= 0.3 is 12.1 Å². The third-order valence-electron chi connectivity index (χ3n) is 6.86. The number of aliphatic imine (C=N–C) groups is 1. The monoisotopic (exact) mass is 611 g/mol. The number of guanidine groups is 1. The van der Waals surface area contributed by atoms with Gasteiger partial charge in [0.1, 0.15) is 6.04 Å². The minimum atomic E-state index is -4.74. The van der Waals surface area contributed by atoms with Crippen LogP contribution in [0.1, 0.15) is 35.2 Å². The fraction of sp³-hybridized carbons (Fsp3) is 0.423. The van der Waals surface area contributed by atoms with Gasteiger partial charge in [0.15, 0.2) is 5.96 Å². The number of piperidine rings is 1. The molecule has 228 valence electrons. The number of sulfonamides is 1. The zero-order chi connectivity index (χ0) is 30.5. The zero-order valence-electron chi connectivity index (χ0n) is 22.4. The summed E-state index contributed by atoms with van der Waals surface area (Å²) in [6, 6.07) is 6.24. The molecule has 1 atom stereocenters. The van der Waals surface area contributed by atoms with Gasteiger partial charge in [-0.15, -0.1) is 0 Å². The van der Waals surface area contributed by atoms with E-state index >= 15 is 0 Å². The van der Waals surface area contributed by atoms with Crippen molar-refractivity contribution in [1.82, 2.24) is 20.7 Å². The topological polar surface area (TPSA) is 178 Å². The lowest BCUT2D eigenvalue weighted by molar-refractivity contribution is -0.139. The molecule has 12 nitrogen and oxygen atoms in total. The number of anilines is 2. The molecule has 0 radical (unpaired) electrons. The number of hydrogen-bond acceptors (Lipinski definition) is 9. The van der Waals surface area contributed by atoms with E-state index in [0.717, 1.165) is 25.6 Å². The van der Waals surface area contributed by atoms with Crippen LogP contribution in [0.5, 0.6) is 0 Å². The van der Waals surface area contributed by atoms with Crippen LogP contribution < -0.4 is 31.3 Å². The van der Waals surface area contributed by atoms with Gasteiger partial charge in [0.2, 0.25) is 10.0 Å².